The summed E-state index contributed by atoms with van der Waals surface area (Å²) in [6.07, 6.45) is 4.11. The van der Waals surface area contributed by atoms with Crippen LogP contribution in [0.3, 0.4) is 0 Å². The molecule has 0 aliphatic carbocycles. The van der Waals surface area contributed by atoms with Crippen molar-refractivity contribution >= 4 is 21.8 Å². The molecule has 0 bridgehead atoms. The third-order valence-electron chi connectivity index (χ3n) is 6.50. The SMILES string of the molecule is CC[C@@H](C)C(=O)N[C@H](C(=O)N1CCC[C@H]1CN(CCc1ccccc1)S(C)(=O)=O)C(C)(C)C. The number of hydrogen-bond acceptors (Lipinski definition) is 4. The van der Waals surface area contributed by atoms with Gasteiger partial charge in [0.1, 0.15) is 6.04 Å². The molecule has 0 unspecified atom stereocenters. The number of hydrogen-bond donors (Lipinski definition) is 1. The van der Waals surface area contributed by atoms with Gasteiger partial charge in [0, 0.05) is 31.6 Å². The van der Waals surface area contributed by atoms with Gasteiger partial charge in [0.2, 0.25) is 21.8 Å². The van der Waals surface area contributed by atoms with Crippen molar-refractivity contribution in [1.29, 1.82) is 0 Å². The van der Waals surface area contributed by atoms with Gasteiger partial charge in [-0.1, -0.05) is 65.0 Å². The summed E-state index contributed by atoms with van der Waals surface area (Å²) in [5, 5.41) is 2.97. The standard InChI is InChI=1S/C25H41N3O4S/c1-7-19(2)23(29)26-22(25(3,4)5)24(30)28-16-11-14-21(28)18-27(33(6,31)32)17-15-20-12-9-8-10-13-20/h8-10,12-13,19,21-22H,7,11,14-18H2,1-6H3,(H,26,29)/t19-,21+,22-/m1/s1. The van der Waals surface area contributed by atoms with Crippen LogP contribution in [0, 0.1) is 11.3 Å². The zero-order valence-corrected chi connectivity index (χ0v) is 21.8. The predicted molar refractivity (Wildman–Crippen MR) is 132 cm³/mol. The maximum absolute atomic E-state index is 13.6. The van der Waals surface area contributed by atoms with Crippen LogP contribution in [-0.2, 0) is 26.0 Å². The van der Waals surface area contributed by atoms with E-state index in [1.807, 2.05) is 65.0 Å². The molecular formula is C25H41N3O4S. The molecule has 7 nitrogen and oxygen atoms in total. The minimum Gasteiger partial charge on any atom is -0.344 e. The van der Waals surface area contributed by atoms with Gasteiger partial charge in [0.25, 0.3) is 0 Å². The molecule has 0 aromatic heterocycles. The summed E-state index contributed by atoms with van der Waals surface area (Å²) in [5.74, 6) is -0.420. The zero-order valence-electron chi connectivity index (χ0n) is 21.0. The van der Waals surface area contributed by atoms with Crippen LogP contribution in [0.4, 0.5) is 0 Å². The summed E-state index contributed by atoms with van der Waals surface area (Å²) in [6.45, 7) is 10.9. The Labute approximate surface area is 200 Å². The molecular weight excluding hydrogens is 438 g/mol. The first-order valence-corrected chi connectivity index (χ1v) is 13.8. The van der Waals surface area contributed by atoms with E-state index in [4.69, 9.17) is 0 Å². The van der Waals surface area contributed by atoms with E-state index in [0.717, 1.165) is 18.4 Å². The Morgan fingerprint density at radius 2 is 1.85 bits per heavy atom. The molecule has 1 fully saturated rings. The highest BCUT2D eigenvalue weighted by Crippen LogP contribution is 2.27. The third-order valence-corrected chi connectivity index (χ3v) is 7.77. The van der Waals surface area contributed by atoms with E-state index in [1.165, 1.54) is 10.6 Å². The van der Waals surface area contributed by atoms with Gasteiger partial charge < -0.3 is 10.2 Å². The van der Waals surface area contributed by atoms with Crippen LogP contribution in [-0.4, -0.2) is 67.4 Å². The molecule has 1 saturated heterocycles. The maximum atomic E-state index is 13.6. The van der Waals surface area contributed by atoms with E-state index in [1.54, 1.807) is 4.90 Å². The first-order chi connectivity index (χ1) is 15.3. The number of carbonyl (C=O) groups is 2. The van der Waals surface area contributed by atoms with Gasteiger partial charge in [0.05, 0.1) is 6.26 Å². The van der Waals surface area contributed by atoms with Crippen molar-refractivity contribution in [3.8, 4) is 0 Å². The third kappa shape index (κ3) is 7.81. The van der Waals surface area contributed by atoms with Crippen LogP contribution in [0.5, 0.6) is 0 Å². The lowest BCUT2D eigenvalue weighted by atomic mass is 9.85. The molecule has 1 heterocycles. The van der Waals surface area contributed by atoms with Crippen molar-refractivity contribution < 1.29 is 18.0 Å². The Balaban J connectivity index is 2.16. The molecule has 186 valence electrons. The van der Waals surface area contributed by atoms with Gasteiger partial charge in [-0.2, -0.15) is 4.31 Å². The number of benzene rings is 1. The fourth-order valence-electron chi connectivity index (χ4n) is 4.13. The molecule has 0 spiro atoms. The minimum absolute atomic E-state index is 0.123. The lowest BCUT2D eigenvalue weighted by Gasteiger charge is -2.37. The number of sulfonamides is 1. The first-order valence-electron chi connectivity index (χ1n) is 11.9. The Hall–Kier alpha value is -1.93. The molecule has 8 heteroatoms. The Morgan fingerprint density at radius 1 is 1.21 bits per heavy atom. The highest BCUT2D eigenvalue weighted by Gasteiger charge is 2.40. The number of amides is 2. The maximum Gasteiger partial charge on any atom is 0.245 e. The van der Waals surface area contributed by atoms with Gasteiger partial charge in [-0.3, -0.25) is 9.59 Å². The van der Waals surface area contributed by atoms with E-state index < -0.39 is 21.5 Å². The smallest absolute Gasteiger partial charge is 0.245 e. The fraction of sp³-hybridized carbons (Fsp3) is 0.680. The molecule has 0 radical (unpaired) electrons. The number of nitrogens with zero attached hydrogens (tertiary/aromatic N) is 2. The van der Waals surface area contributed by atoms with Crippen LogP contribution < -0.4 is 5.32 Å². The summed E-state index contributed by atoms with van der Waals surface area (Å²) in [6, 6.07) is 8.93. The molecule has 1 N–H and O–H groups in total. The molecule has 1 aromatic carbocycles. The van der Waals surface area contributed by atoms with E-state index >= 15 is 0 Å². The van der Waals surface area contributed by atoms with Crippen molar-refractivity contribution in [3.63, 3.8) is 0 Å². The number of likely N-dealkylation sites (tertiary alicyclic amines) is 1. The van der Waals surface area contributed by atoms with Gasteiger partial charge in [-0.15, -0.1) is 0 Å². The molecule has 3 atom stereocenters. The van der Waals surface area contributed by atoms with Crippen LogP contribution in [0.2, 0.25) is 0 Å². The Bertz CT molecular complexity index is 896. The van der Waals surface area contributed by atoms with Crippen LogP contribution in [0.15, 0.2) is 30.3 Å². The Morgan fingerprint density at radius 3 is 2.39 bits per heavy atom. The summed E-state index contributed by atoms with van der Waals surface area (Å²) in [5.41, 5.74) is 0.614. The minimum atomic E-state index is -3.43. The first kappa shape index (κ1) is 27.3. The van der Waals surface area contributed by atoms with Crippen molar-refractivity contribution in [3.05, 3.63) is 35.9 Å². The normalized spacial score (nSPS) is 18.9. The summed E-state index contributed by atoms with van der Waals surface area (Å²) >= 11 is 0. The van der Waals surface area contributed by atoms with Crippen LogP contribution >= 0.6 is 0 Å². The highest BCUT2D eigenvalue weighted by molar-refractivity contribution is 7.88. The largest absolute Gasteiger partial charge is 0.344 e. The van der Waals surface area contributed by atoms with Crippen LogP contribution in [0.25, 0.3) is 0 Å². The predicted octanol–water partition coefficient (Wildman–Crippen LogP) is 3.06. The second-order valence-electron chi connectivity index (χ2n) is 10.3. The molecule has 0 saturated carbocycles. The topological polar surface area (TPSA) is 86.8 Å². The quantitative estimate of drug-likeness (QED) is 0.559. The van der Waals surface area contributed by atoms with Gasteiger partial charge in [0.15, 0.2) is 0 Å². The average Bonchev–Trinajstić information content (AvgIpc) is 3.21. The molecule has 2 rings (SSSR count). The number of carbonyl (C=O) groups excluding carboxylic acids is 2. The second kappa shape index (κ2) is 11.5. The average molecular weight is 480 g/mol. The van der Waals surface area contributed by atoms with Gasteiger partial charge in [-0.05, 0) is 36.7 Å². The van der Waals surface area contributed by atoms with Gasteiger partial charge in [-0.25, -0.2) is 8.42 Å². The summed E-state index contributed by atoms with van der Waals surface area (Å²) < 4.78 is 26.5. The monoisotopic (exact) mass is 479 g/mol. The van der Waals surface area contributed by atoms with Crippen molar-refractivity contribution in [2.75, 3.05) is 25.9 Å². The molecule has 1 aromatic rings. The highest BCUT2D eigenvalue weighted by atomic mass is 32.2. The van der Waals surface area contributed by atoms with Gasteiger partial charge >= 0.3 is 0 Å². The molecule has 2 amide bonds. The lowest BCUT2D eigenvalue weighted by molar-refractivity contribution is -0.141. The van der Waals surface area contributed by atoms with E-state index in [2.05, 4.69) is 5.32 Å². The molecule has 1 aliphatic heterocycles. The van der Waals surface area contributed by atoms with Crippen molar-refractivity contribution in [2.45, 2.75) is 72.4 Å². The van der Waals surface area contributed by atoms with E-state index in [9.17, 15) is 18.0 Å². The summed E-state index contributed by atoms with van der Waals surface area (Å²) in [7, 11) is -3.43. The molecule has 33 heavy (non-hydrogen) atoms. The van der Waals surface area contributed by atoms with Crippen molar-refractivity contribution in [1.82, 2.24) is 14.5 Å². The summed E-state index contributed by atoms with van der Waals surface area (Å²) in [4.78, 5) is 28.0. The van der Waals surface area contributed by atoms with Crippen LogP contribution in [0.1, 0.15) is 59.4 Å². The zero-order chi connectivity index (χ0) is 24.8. The van der Waals surface area contributed by atoms with E-state index in [-0.39, 0.29) is 30.3 Å². The lowest BCUT2D eigenvalue weighted by Crippen LogP contribution is -2.57. The Kier molecular flexibility index (Phi) is 9.49. The fourth-order valence-corrected chi connectivity index (χ4v) is 4.99. The van der Waals surface area contributed by atoms with E-state index in [0.29, 0.717) is 25.9 Å². The molecule has 1 aliphatic rings. The van der Waals surface area contributed by atoms with Crippen molar-refractivity contribution in [2.24, 2.45) is 11.3 Å². The second-order valence-corrected chi connectivity index (χ2v) is 12.3. The number of nitrogens with one attached hydrogen (secondary N) is 1. The number of rotatable bonds is 10.